The lowest BCUT2D eigenvalue weighted by atomic mass is 9.92. The summed E-state index contributed by atoms with van der Waals surface area (Å²) in [5.41, 5.74) is 17.8. The van der Waals surface area contributed by atoms with Crippen LogP contribution in [0.3, 0.4) is 0 Å². The third-order valence-corrected chi connectivity index (χ3v) is 3.49. The predicted molar refractivity (Wildman–Crippen MR) is 89.6 cm³/mol. The molecule has 20 heavy (non-hydrogen) atoms. The van der Waals surface area contributed by atoms with Gasteiger partial charge in [0.2, 0.25) is 0 Å². The van der Waals surface area contributed by atoms with Gasteiger partial charge in [-0.3, -0.25) is 0 Å². The van der Waals surface area contributed by atoms with Crippen molar-refractivity contribution >= 4 is 0 Å². The van der Waals surface area contributed by atoms with E-state index in [1.165, 1.54) is 0 Å². The maximum atomic E-state index is 6.12. The maximum Gasteiger partial charge on any atom is 0.0109 e. The third-order valence-electron chi connectivity index (χ3n) is 3.49. The van der Waals surface area contributed by atoms with E-state index in [1.54, 1.807) is 0 Å². The van der Waals surface area contributed by atoms with E-state index in [1.807, 2.05) is 0 Å². The van der Waals surface area contributed by atoms with Gasteiger partial charge < -0.3 is 22.1 Å². The van der Waals surface area contributed by atoms with Crippen LogP contribution in [0.2, 0.25) is 0 Å². The molecule has 0 aliphatic rings. The number of hydrogen-bond donors (Lipinski definition) is 3. The third kappa shape index (κ3) is 11.6. The van der Waals surface area contributed by atoms with Crippen LogP contribution in [-0.4, -0.2) is 42.2 Å². The van der Waals surface area contributed by atoms with Crippen LogP contribution in [-0.2, 0) is 0 Å². The topological polar surface area (TPSA) is 81.3 Å². The van der Waals surface area contributed by atoms with Crippen LogP contribution >= 0.6 is 0 Å². The van der Waals surface area contributed by atoms with Crippen LogP contribution in [0.15, 0.2) is 0 Å². The first-order valence-corrected chi connectivity index (χ1v) is 7.93. The summed E-state index contributed by atoms with van der Waals surface area (Å²) >= 11 is 0. The van der Waals surface area contributed by atoms with Crippen LogP contribution in [0, 0.1) is 11.8 Å². The van der Waals surface area contributed by atoms with E-state index in [-0.39, 0.29) is 11.1 Å². The summed E-state index contributed by atoms with van der Waals surface area (Å²) in [5, 5.41) is 0. The van der Waals surface area contributed by atoms with Crippen LogP contribution in [0.25, 0.3) is 0 Å². The number of rotatable bonds is 10. The molecule has 0 spiro atoms. The second kappa shape index (κ2) is 8.32. The van der Waals surface area contributed by atoms with E-state index in [9.17, 15) is 0 Å². The highest BCUT2D eigenvalue weighted by Gasteiger charge is 2.20. The molecule has 0 aliphatic carbocycles. The van der Waals surface area contributed by atoms with Gasteiger partial charge in [0.25, 0.3) is 0 Å². The number of hydrogen-bond acceptors (Lipinski definition) is 4. The smallest absolute Gasteiger partial charge is 0.0109 e. The first-order chi connectivity index (χ1) is 8.93. The highest BCUT2D eigenvalue weighted by Crippen LogP contribution is 2.16. The molecule has 0 heterocycles. The van der Waals surface area contributed by atoms with Gasteiger partial charge in [-0.15, -0.1) is 0 Å². The van der Waals surface area contributed by atoms with Crippen molar-refractivity contribution < 1.29 is 0 Å². The molecule has 0 saturated heterocycles. The normalized spacial score (nSPS) is 16.5. The fraction of sp³-hybridized carbons (Fsp3) is 1.00. The summed E-state index contributed by atoms with van der Waals surface area (Å²) in [6.07, 6.45) is 2.04. The molecule has 2 unspecified atom stereocenters. The first kappa shape index (κ1) is 19.8. The maximum absolute atomic E-state index is 6.12. The van der Waals surface area contributed by atoms with Gasteiger partial charge in [0.05, 0.1) is 0 Å². The molecule has 6 N–H and O–H groups in total. The van der Waals surface area contributed by atoms with E-state index < -0.39 is 0 Å². The first-order valence-electron chi connectivity index (χ1n) is 7.93. The van der Waals surface area contributed by atoms with Crippen molar-refractivity contribution in [2.45, 2.75) is 65.5 Å². The summed E-state index contributed by atoms with van der Waals surface area (Å²) in [5.74, 6) is 1.11. The zero-order valence-electron chi connectivity index (χ0n) is 14.6. The van der Waals surface area contributed by atoms with Crippen molar-refractivity contribution in [3.8, 4) is 0 Å². The van der Waals surface area contributed by atoms with E-state index in [0.717, 1.165) is 39.0 Å². The van der Waals surface area contributed by atoms with Gasteiger partial charge in [-0.2, -0.15) is 0 Å². The lowest BCUT2D eigenvalue weighted by Gasteiger charge is -2.32. The van der Waals surface area contributed by atoms with Crippen LogP contribution in [0.1, 0.15) is 54.4 Å². The van der Waals surface area contributed by atoms with Crippen molar-refractivity contribution in [1.29, 1.82) is 0 Å². The van der Waals surface area contributed by atoms with Crippen molar-refractivity contribution in [3.63, 3.8) is 0 Å². The Bertz CT molecular complexity index is 252. The predicted octanol–water partition coefficient (Wildman–Crippen LogP) is 1.77. The molecule has 0 rings (SSSR count). The Labute approximate surface area is 126 Å². The lowest BCUT2D eigenvalue weighted by molar-refractivity contribution is 0.182. The molecule has 0 aliphatic heterocycles. The fourth-order valence-corrected chi connectivity index (χ4v) is 2.62. The summed E-state index contributed by atoms with van der Waals surface area (Å²) in [4.78, 5) is 2.50. The standard InChI is InChI=1S/C16H38N4/c1-13(9-16(5,6)19)11-20(12-14(2)10-17)8-7-15(3,4)18/h13-14H,7-12,17-19H2,1-6H3. The molecule has 0 amide bonds. The Morgan fingerprint density at radius 2 is 1.40 bits per heavy atom. The molecule has 122 valence electrons. The molecule has 0 aromatic carbocycles. The average molecular weight is 287 g/mol. The summed E-state index contributed by atoms with van der Waals surface area (Å²) in [6.45, 7) is 16.7. The van der Waals surface area contributed by atoms with Crippen LogP contribution in [0.4, 0.5) is 0 Å². The van der Waals surface area contributed by atoms with E-state index in [2.05, 4.69) is 46.4 Å². The van der Waals surface area contributed by atoms with Crippen molar-refractivity contribution in [3.05, 3.63) is 0 Å². The Balaban J connectivity index is 4.44. The summed E-state index contributed by atoms with van der Waals surface area (Å²) in [7, 11) is 0. The van der Waals surface area contributed by atoms with Gasteiger partial charge in [-0.25, -0.2) is 0 Å². The molecule has 2 atom stereocenters. The molecular weight excluding hydrogens is 248 g/mol. The molecular formula is C16H38N4. The lowest BCUT2D eigenvalue weighted by Crippen LogP contribution is -2.42. The number of nitrogens with two attached hydrogens (primary N) is 3. The Hall–Kier alpha value is -0.160. The minimum Gasteiger partial charge on any atom is -0.330 e. The SMILES string of the molecule is CC(CN)CN(CCC(C)(C)N)CC(C)CC(C)(C)N. The van der Waals surface area contributed by atoms with Gasteiger partial charge in [0.1, 0.15) is 0 Å². The number of nitrogens with zero attached hydrogens (tertiary/aromatic N) is 1. The summed E-state index contributed by atoms with van der Waals surface area (Å²) < 4.78 is 0. The fourth-order valence-electron chi connectivity index (χ4n) is 2.62. The molecule has 0 aromatic heterocycles. The highest BCUT2D eigenvalue weighted by atomic mass is 15.1. The van der Waals surface area contributed by atoms with Gasteiger partial charge >= 0.3 is 0 Å². The minimum absolute atomic E-state index is 0.0995. The van der Waals surface area contributed by atoms with Crippen LogP contribution in [0.5, 0.6) is 0 Å². The zero-order valence-corrected chi connectivity index (χ0v) is 14.6. The second-order valence-electron chi connectivity index (χ2n) is 8.14. The average Bonchev–Trinajstić information content (AvgIpc) is 2.21. The Morgan fingerprint density at radius 1 is 0.900 bits per heavy atom. The summed E-state index contributed by atoms with van der Waals surface area (Å²) in [6, 6.07) is 0. The van der Waals surface area contributed by atoms with Crippen LogP contribution < -0.4 is 17.2 Å². The molecule has 0 saturated carbocycles. The Kier molecular flexibility index (Phi) is 8.26. The van der Waals surface area contributed by atoms with Gasteiger partial charge in [-0.05, 0) is 65.5 Å². The van der Waals surface area contributed by atoms with E-state index >= 15 is 0 Å². The minimum atomic E-state index is -0.111. The highest BCUT2D eigenvalue weighted by molar-refractivity contribution is 4.79. The zero-order chi connectivity index (χ0) is 16.0. The van der Waals surface area contributed by atoms with Crippen molar-refractivity contribution in [1.82, 2.24) is 4.90 Å². The van der Waals surface area contributed by atoms with E-state index in [0.29, 0.717) is 11.8 Å². The molecule has 0 aromatic rings. The second-order valence-corrected chi connectivity index (χ2v) is 8.14. The molecule has 0 radical (unpaired) electrons. The van der Waals surface area contributed by atoms with Gasteiger partial charge in [0, 0.05) is 24.2 Å². The molecule has 4 nitrogen and oxygen atoms in total. The molecule has 0 bridgehead atoms. The quantitative estimate of drug-likeness (QED) is 0.572. The monoisotopic (exact) mass is 286 g/mol. The van der Waals surface area contributed by atoms with Gasteiger partial charge in [-0.1, -0.05) is 13.8 Å². The van der Waals surface area contributed by atoms with E-state index in [4.69, 9.17) is 17.2 Å². The van der Waals surface area contributed by atoms with Crippen molar-refractivity contribution in [2.75, 3.05) is 26.2 Å². The Morgan fingerprint density at radius 3 is 1.80 bits per heavy atom. The van der Waals surface area contributed by atoms with Gasteiger partial charge in [0.15, 0.2) is 0 Å². The molecule has 0 fully saturated rings. The van der Waals surface area contributed by atoms with Crippen molar-refractivity contribution in [2.24, 2.45) is 29.0 Å². The molecule has 4 heteroatoms. The largest absolute Gasteiger partial charge is 0.330 e.